The molecule has 4 aromatic rings. The van der Waals surface area contributed by atoms with Gasteiger partial charge < -0.3 is 19.5 Å². The second-order valence-corrected chi connectivity index (χ2v) is 9.90. The minimum absolute atomic E-state index is 0.155. The van der Waals surface area contributed by atoms with Crippen molar-refractivity contribution >= 4 is 50.3 Å². The van der Waals surface area contributed by atoms with E-state index in [0.717, 1.165) is 52.5 Å². The summed E-state index contributed by atoms with van der Waals surface area (Å²) in [5.74, 6) is 1.84. The first-order chi connectivity index (χ1) is 17.0. The monoisotopic (exact) mass is 494 g/mol. The van der Waals surface area contributed by atoms with Crippen LogP contribution in [0.25, 0.3) is 21.3 Å². The van der Waals surface area contributed by atoms with Crippen molar-refractivity contribution in [1.29, 1.82) is 0 Å². The molecule has 0 bridgehead atoms. The normalized spacial score (nSPS) is 14.1. The molecular formula is C24H30N8O2S. The number of fused-ring (bicyclic) bond motifs is 2. The fraction of sp³-hybridized carbons (Fsp3) is 0.458. The van der Waals surface area contributed by atoms with Gasteiger partial charge in [0, 0.05) is 51.6 Å². The van der Waals surface area contributed by atoms with Gasteiger partial charge in [-0.15, -0.1) is 16.4 Å². The molecule has 184 valence electrons. The van der Waals surface area contributed by atoms with E-state index < -0.39 is 0 Å². The lowest BCUT2D eigenvalue weighted by Crippen LogP contribution is -2.49. The zero-order chi connectivity index (χ0) is 24.4. The van der Waals surface area contributed by atoms with Gasteiger partial charge in [-0.2, -0.15) is 4.98 Å². The number of aromatic nitrogens is 5. The largest absolute Gasteiger partial charge is 0.395 e. The molecule has 0 radical (unpaired) electrons. The Bertz CT molecular complexity index is 1330. The molecule has 0 N–H and O–H groups in total. The van der Waals surface area contributed by atoms with Gasteiger partial charge in [0.05, 0.1) is 5.39 Å². The first-order valence-corrected chi connectivity index (χ1v) is 12.8. The van der Waals surface area contributed by atoms with Crippen molar-refractivity contribution in [1.82, 2.24) is 30.0 Å². The van der Waals surface area contributed by atoms with Crippen LogP contribution in [-0.4, -0.2) is 82.8 Å². The molecule has 35 heavy (non-hydrogen) atoms. The number of hydrogen-bond acceptors (Lipinski definition) is 9. The van der Waals surface area contributed by atoms with E-state index in [9.17, 15) is 4.79 Å². The van der Waals surface area contributed by atoms with Crippen molar-refractivity contribution in [3.8, 4) is 0 Å². The molecule has 3 aromatic heterocycles. The maximum Gasteiger partial charge on any atom is 0.228 e. The third-order valence-corrected chi connectivity index (χ3v) is 7.34. The van der Waals surface area contributed by atoms with Crippen molar-refractivity contribution < 1.29 is 9.63 Å². The molecule has 1 amide bonds. The van der Waals surface area contributed by atoms with E-state index in [1.54, 1.807) is 11.3 Å². The molecular weight excluding hydrogens is 464 g/mol. The van der Waals surface area contributed by atoms with E-state index in [0.29, 0.717) is 32.5 Å². The van der Waals surface area contributed by atoms with Crippen molar-refractivity contribution in [2.45, 2.75) is 26.2 Å². The van der Waals surface area contributed by atoms with Crippen LogP contribution in [-0.2, 0) is 11.2 Å². The number of hydrogen-bond donors (Lipinski definition) is 0. The quantitative estimate of drug-likeness (QED) is 0.345. The Morgan fingerprint density at radius 3 is 2.71 bits per heavy atom. The highest BCUT2D eigenvalue weighted by molar-refractivity contribution is 7.18. The fourth-order valence-electron chi connectivity index (χ4n) is 4.20. The molecule has 1 saturated heterocycles. The molecule has 1 aliphatic rings. The summed E-state index contributed by atoms with van der Waals surface area (Å²) in [6.07, 6.45) is 2.05. The molecule has 10 nitrogen and oxygen atoms in total. The fourth-order valence-corrected chi connectivity index (χ4v) is 5.16. The predicted octanol–water partition coefficient (Wildman–Crippen LogP) is 2.62. The Hall–Kier alpha value is -3.47. The SMILES string of the molecule is CCc1cc2c(N3CCN(C(=O)CCCOn4nnc5ccccc54)CC3)nc(N(C)C)nc2s1. The first-order valence-electron chi connectivity index (χ1n) is 12.0. The van der Waals surface area contributed by atoms with Gasteiger partial charge in [-0.05, 0) is 36.3 Å². The number of rotatable bonds is 8. The molecule has 1 aromatic carbocycles. The maximum atomic E-state index is 12.8. The minimum atomic E-state index is 0.155. The Morgan fingerprint density at radius 1 is 1.14 bits per heavy atom. The van der Waals surface area contributed by atoms with Crippen LogP contribution < -0.4 is 14.6 Å². The molecule has 4 heterocycles. The van der Waals surface area contributed by atoms with E-state index >= 15 is 0 Å². The van der Waals surface area contributed by atoms with E-state index in [1.807, 2.05) is 48.2 Å². The number of aryl methyl sites for hydroxylation is 1. The van der Waals surface area contributed by atoms with Crippen LogP contribution in [0, 0.1) is 0 Å². The summed E-state index contributed by atoms with van der Waals surface area (Å²) in [4.78, 5) is 38.0. The molecule has 0 aliphatic carbocycles. The van der Waals surface area contributed by atoms with Crippen molar-refractivity contribution in [2.75, 3.05) is 56.7 Å². The second-order valence-electron chi connectivity index (χ2n) is 8.78. The van der Waals surface area contributed by atoms with Crippen molar-refractivity contribution in [3.63, 3.8) is 0 Å². The van der Waals surface area contributed by atoms with Crippen LogP contribution >= 0.6 is 11.3 Å². The average molecular weight is 495 g/mol. The summed E-state index contributed by atoms with van der Waals surface area (Å²) in [6.45, 7) is 5.44. The molecule has 0 unspecified atom stereocenters. The average Bonchev–Trinajstić information content (AvgIpc) is 3.50. The molecule has 11 heteroatoms. The lowest BCUT2D eigenvalue weighted by molar-refractivity contribution is -0.131. The van der Waals surface area contributed by atoms with Crippen molar-refractivity contribution in [2.24, 2.45) is 0 Å². The number of anilines is 2. The lowest BCUT2D eigenvalue weighted by atomic mass is 10.2. The zero-order valence-electron chi connectivity index (χ0n) is 20.3. The zero-order valence-corrected chi connectivity index (χ0v) is 21.2. The lowest BCUT2D eigenvalue weighted by Gasteiger charge is -2.36. The Labute approximate surface area is 208 Å². The maximum absolute atomic E-state index is 12.8. The summed E-state index contributed by atoms with van der Waals surface area (Å²) in [5.41, 5.74) is 1.61. The van der Waals surface area contributed by atoms with Gasteiger partial charge in [-0.3, -0.25) is 4.79 Å². The van der Waals surface area contributed by atoms with Gasteiger partial charge in [-0.25, -0.2) is 4.98 Å². The molecule has 1 aliphatic heterocycles. The third kappa shape index (κ3) is 4.86. The van der Waals surface area contributed by atoms with Crippen LogP contribution in [0.1, 0.15) is 24.6 Å². The topological polar surface area (TPSA) is 92.5 Å². The van der Waals surface area contributed by atoms with Gasteiger partial charge in [0.25, 0.3) is 0 Å². The van der Waals surface area contributed by atoms with Crippen LogP contribution in [0.2, 0.25) is 0 Å². The van der Waals surface area contributed by atoms with Crippen molar-refractivity contribution in [3.05, 3.63) is 35.2 Å². The standard InChI is InChI=1S/C24H30N8O2S/c1-4-17-16-18-22(25-24(29(2)3)26-23(18)35-17)31-13-11-30(12-14-31)21(33)10-7-15-34-32-20-9-6-5-8-19(20)27-28-32/h5-6,8-9,16H,4,7,10-15H2,1-3H3. The Morgan fingerprint density at radius 2 is 1.94 bits per heavy atom. The molecule has 0 spiro atoms. The Balaban J connectivity index is 1.16. The van der Waals surface area contributed by atoms with Gasteiger partial charge in [0.15, 0.2) is 0 Å². The highest BCUT2D eigenvalue weighted by atomic mass is 32.1. The first kappa shape index (κ1) is 23.3. The Kier molecular flexibility index (Phi) is 6.67. The number of carbonyl (C=O) groups is 1. The van der Waals surface area contributed by atoms with E-state index in [2.05, 4.69) is 28.2 Å². The number of para-hydroxylation sites is 1. The second kappa shape index (κ2) is 10.0. The number of piperazine rings is 1. The van der Waals surface area contributed by atoms with Gasteiger partial charge in [0.2, 0.25) is 11.9 Å². The molecule has 0 saturated carbocycles. The summed E-state index contributed by atoms with van der Waals surface area (Å²) in [6, 6.07) is 9.84. The van der Waals surface area contributed by atoms with E-state index in [4.69, 9.17) is 14.8 Å². The number of benzene rings is 1. The van der Waals surface area contributed by atoms with E-state index in [-0.39, 0.29) is 5.91 Å². The van der Waals surface area contributed by atoms with Gasteiger partial charge in [-0.1, -0.05) is 23.9 Å². The number of thiophene rings is 1. The van der Waals surface area contributed by atoms with Crippen LogP contribution in [0.3, 0.4) is 0 Å². The third-order valence-electron chi connectivity index (χ3n) is 6.16. The van der Waals surface area contributed by atoms with Crippen LogP contribution in [0.15, 0.2) is 30.3 Å². The highest BCUT2D eigenvalue weighted by Crippen LogP contribution is 2.33. The summed E-state index contributed by atoms with van der Waals surface area (Å²) >= 11 is 1.73. The summed E-state index contributed by atoms with van der Waals surface area (Å²) < 4.78 is 0. The number of nitrogens with zero attached hydrogens (tertiary/aromatic N) is 8. The van der Waals surface area contributed by atoms with Crippen LogP contribution in [0.4, 0.5) is 11.8 Å². The van der Waals surface area contributed by atoms with Gasteiger partial charge >= 0.3 is 0 Å². The number of amides is 1. The summed E-state index contributed by atoms with van der Waals surface area (Å²) in [7, 11) is 3.93. The molecule has 5 rings (SSSR count). The predicted molar refractivity (Wildman–Crippen MR) is 138 cm³/mol. The smallest absolute Gasteiger partial charge is 0.228 e. The number of carbonyl (C=O) groups excluding carboxylic acids is 1. The minimum Gasteiger partial charge on any atom is -0.395 e. The molecule has 0 atom stereocenters. The highest BCUT2D eigenvalue weighted by Gasteiger charge is 2.24. The summed E-state index contributed by atoms with van der Waals surface area (Å²) in [5, 5.41) is 9.20. The molecule has 1 fully saturated rings. The van der Waals surface area contributed by atoms with E-state index in [1.165, 1.54) is 9.72 Å². The van der Waals surface area contributed by atoms with Gasteiger partial charge in [0.1, 0.15) is 28.3 Å². The van der Waals surface area contributed by atoms with Crippen LogP contribution in [0.5, 0.6) is 0 Å².